The number of rotatable bonds is 14. The van der Waals surface area contributed by atoms with E-state index in [0.29, 0.717) is 63.9 Å². The molecule has 2 N–H and O–H groups in total. The van der Waals surface area contributed by atoms with E-state index in [9.17, 15) is 9.59 Å². The zero-order valence-corrected chi connectivity index (χ0v) is 25.1. The molecule has 0 atom stereocenters. The van der Waals surface area contributed by atoms with E-state index in [1.54, 1.807) is 0 Å². The SMILES string of the molecule is O=C(NCCOCCOCCOCCNC(=O)c1c2ccccc2cc2ccccc12)c1c2ccccc2cc2ccccc12. The van der Waals surface area contributed by atoms with Gasteiger partial charge in [-0.25, -0.2) is 0 Å². The van der Waals surface area contributed by atoms with Gasteiger partial charge in [0.15, 0.2) is 0 Å². The summed E-state index contributed by atoms with van der Waals surface area (Å²) in [6.07, 6.45) is 0. The van der Waals surface area contributed by atoms with Crippen molar-refractivity contribution < 1.29 is 23.8 Å². The van der Waals surface area contributed by atoms with Crippen LogP contribution < -0.4 is 10.6 Å². The van der Waals surface area contributed by atoms with Gasteiger partial charge in [0.25, 0.3) is 11.8 Å². The monoisotopic (exact) mass is 600 g/mol. The van der Waals surface area contributed by atoms with Gasteiger partial charge in [0.1, 0.15) is 0 Å². The predicted molar refractivity (Wildman–Crippen MR) is 180 cm³/mol. The van der Waals surface area contributed by atoms with Crippen molar-refractivity contribution in [2.24, 2.45) is 0 Å². The summed E-state index contributed by atoms with van der Waals surface area (Å²) in [6.45, 7) is 3.27. The average Bonchev–Trinajstić information content (AvgIpc) is 3.07. The molecule has 2 amide bonds. The third-order valence-corrected chi connectivity index (χ3v) is 7.80. The minimum absolute atomic E-state index is 0.110. The van der Waals surface area contributed by atoms with Crippen LogP contribution in [0.1, 0.15) is 20.7 Å². The van der Waals surface area contributed by atoms with Crippen LogP contribution >= 0.6 is 0 Å². The second-order valence-corrected chi connectivity index (χ2v) is 10.7. The van der Waals surface area contributed by atoms with Gasteiger partial charge in [-0.3, -0.25) is 9.59 Å². The first kappa shape index (κ1) is 30.2. The molecule has 228 valence electrons. The maximum absolute atomic E-state index is 13.1. The van der Waals surface area contributed by atoms with Gasteiger partial charge < -0.3 is 24.8 Å². The highest BCUT2D eigenvalue weighted by molar-refractivity contribution is 6.19. The standard InChI is InChI=1S/C38H36N2O5/c41-37(35-31-13-5-1-9-27(31)25-28-10-2-6-14-32(28)35)39-17-19-43-21-23-45-24-22-44-20-18-40-38(42)36-33-15-7-3-11-29(33)26-30-12-4-8-16-34(30)36/h1-16,25-26H,17-24H2,(H,39,41)(H,40,42). The van der Waals surface area contributed by atoms with E-state index in [2.05, 4.69) is 22.8 Å². The lowest BCUT2D eigenvalue weighted by Crippen LogP contribution is -2.28. The third kappa shape index (κ3) is 7.13. The molecule has 0 spiro atoms. The first-order chi connectivity index (χ1) is 22.2. The molecule has 0 fully saturated rings. The van der Waals surface area contributed by atoms with E-state index in [0.717, 1.165) is 43.1 Å². The maximum Gasteiger partial charge on any atom is 0.252 e. The Labute approximate surface area is 262 Å². The number of nitrogens with one attached hydrogen (secondary N) is 2. The molecule has 0 saturated carbocycles. The Morgan fingerprint density at radius 2 is 0.711 bits per heavy atom. The first-order valence-electron chi connectivity index (χ1n) is 15.3. The molecule has 0 saturated heterocycles. The minimum atomic E-state index is -0.110. The van der Waals surface area contributed by atoms with Crippen LogP contribution in [-0.2, 0) is 14.2 Å². The van der Waals surface area contributed by atoms with Crippen molar-refractivity contribution in [3.8, 4) is 0 Å². The Bertz CT molecular complexity index is 1710. The van der Waals surface area contributed by atoms with Gasteiger partial charge in [0.05, 0.1) is 50.8 Å². The van der Waals surface area contributed by atoms with Gasteiger partial charge in [0.2, 0.25) is 0 Å². The lowest BCUT2D eigenvalue weighted by molar-refractivity contribution is 0.0157. The van der Waals surface area contributed by atoms with E-state index in [1.807, 2.05) is 97.1 Å². The molecule has 6 rings (SSSR count). The van der Waals surface area contributed by atoms with Crippen molar-refractivity contribution in [1.29, 1.82) is 0 Å². The molecule has 0 aliphatic rings. The van der Waals surface area contributed by atoms with Crippen LogP contribution in [0.4, 0.5) is 0 Å². The van der Waals surface area contributed by atoms with E-state index in [4.69, 9.17) is 14.2 Å². The zero-order valence-electron chi connectivity index (χ0n) is 25.1. The Morgan fingerprint density at radius 3 is 1.04 bits per heavy atom. The predicted octanol–water partition coefficient (Wildman–Crippen LogP) is 6.51. The van der Waals surface area contributed by atoms with Gasteiger partial charge in [-0.05, 0) is 55.2 Å². The van der Waals surface area contributed by atoms with Gasteiger partial charge in [-0.2, -0.15) is 0 Å². The number of hydrogen-bond donors (Lipinski definition) is 2. The molecule has 0 aliphatic carbocycles. The highest BCUT2D eigenvalue weighted by atomic mass is 16.5. The number of carbonyl (C=O) groups excluding carboxylic acids is 2. The van der Waals surface area contributed by atoms with Crippen molar-refractivity contribution in [2.75, 3.05) is 52.7 Å². The summed E-state index contributed by atoms with van der Waals surface area (Å²) in [5, 5.41) is 13.9. The number of fused-ring (bicyclic) bond motifs is 4. The van der Waals surface area contributed by atoms with E-state index < -0.39 is 0 Å². The molecule has 6 aromatic carbocycles. The number of ether oxygens (including phenoxy) is 3. The lowest BCUT2D eigenvalue weighted by atomic mass is 9.96. The quantitative estimate of drug-likeness (QED) is 0.110. The topological polar surface area (TPSA) is 85.9 Å². The zero-order chi connectivity index (χ0) is 30.8. The maximum atomic E-state index is 13.1. The van der Waals surface area contributed by atoms with E-state index in [1.165, 1.54) is 0 Å². The Kier molecular flexibility index (Phi) is 9.92. The average molecular weight is 601 g/mol. The molecule has 6 aromatic rings. The van der Waals surface area contributed by atoms with Crippen LogP contribution in [0, 0.1) is 0 Å². The van der Waals surface area contributed by atoms with Crippen molar-refractivity contribution in [3.05, 3.63) is 120 Å². The molecule has 0 aromatic heterocycles. The van der Waals surface area contributed by atoms with Crippen molar-refractivity contribution in [2.45, 2.75) is 0 Å². The third-order valence-electron chi connectivity index (χ3n) is 7.80. The smallest absolute Gasteiger partial charge is 0.252 e. The molecular weight excluding hydrogens is 564 g/mol. The van der Waals surface area contributed by atoms with Crippen molar-refractivity contribution >= 4 is 54.9 Å². The second kappa shape index (κ2) is 14.8. The number of benzene rings is 6. The van der Waals surface area contributed by atoms with Crippen molar-refractivity contribution in [3.63, 3.8) is 0 Å². The molecule has 0 aliphatic heterocycles. The summed E-state index contributed by atoms with van der Waals surface area (Å²) < 4.78 is 16.9. The van der Waals surface area contributed by atoms with E-state index in [-0.39, 0.29) is 11.8 Å². The fraction of sp³-hybridized carbons (Fsp3) is 0.211. The van der Waals surface area contributed by atoms with Crippen LogP contribution in [0.5, 0.6) is 0 Å². The summed E-state index contributed by atoms with van der Waals surface area (Å²) in [5.41, 5.74) is 1.38. The fourth-order valence-corrected chi connectivity index (χ4v) is 5.71. The summed E-state index contributed by atoms with van der Waals surface area (Å²) in [4.78, 5) is 26.3. The Hall–Kier alpha value is -4.82. The molecule has 45 heavy (non-hydrogen) atoms. The Balaban J connectivity index is 0.857. The van der Waals surface area contributed by atoms with Crippen LogP contribution in [0.3, 0.4) is 0 Å². The van der Waals surface area contributed by atoms with Gasteiger partial charge in [-0.1, -0.05) is 97.1 Å². The number of carbonyl (C=O) groups is 2. The largest absolute Gasteiger partial charge is 0.377 e. The van der Waals surface area contributed by atoms with Crippen LogP contribution in [0.2, 0.25) is 0 Å². The van der Waals surface area contributed by atoms with Gasteiger partial charge in [0, 0.05) is 13.1 Å². The van der Waals surface area contributed by atoms with Crippen LogP contribution in [0.25, 0.3) is 43.1 Å². The molecular formula is C38H36N2O5. The summed E-state index contributed by atoms with van der Waals surface area (Å²) in [5.74, 6) is -0.219. The summed E-state index contributed by atoms with van der Waals surface area (Å²) in [7, 11) is 0. The van der Waals surface area contributed by atoms with Crippen LogP contribution in [-0.4, -0.2) is 64.5 Å². The molecule has 7 nitrogen and oxygen atoms in total. The van der Waals surface area contributed by atoms with Crippen LogP contribution in [0.15, 0.2) is 109 Å². The Morgan fingerprint density at radius 1 is 0.422 bits per heavy atom. The highest BCUT2D eigenvalue weighted by Gasteiger charge is 2.15. The fourth-order valence-electron chi connectivity index (χ4n) is 5.71. The molecule has 0 heterocycles. The second-order valence-electron chi connectivity index (χ2n) is 10.7. The molecule has 0 radical (unpaired) electrons. The normalized spacial score (nSPS) is 11.4. The number of hydrogen-bond acceptors (Lipinski definition) is 5. The molecule has 7 heteroatoms. The first-order valence-corrected chi connectivity index (χ1v) is 15.3. The van der Waals surface area contributed by atoms with Gasteiger partial charge >= 0.3 is 0 Å². The lowest BCUT2D eigenvalue weighted by Gasteiger charge is -2.12. The summed E-state index contributed by atoms with van der Waals surface area (Å²) >= 11 is 0. The molecule has 0 bridgehead atoms. The van der Waals surface area contributed by atoms with E-state index >= 15 is 0 Å². The minimum Gasteiger partial charge on any atom is -0.377 e. The van der Waals surface area contributed by atoms with Gasteiger partial charge in [-0.15, -0.1) is 0 Å². The number of amides is 2. The molecule has 0 unspecified atom stereocenters. The van der Waals surface area contributed by atoms with Crippen molar-refractivity contribution in [1.82, 2.24) is 10.6 Å². The summed E-state index contributed by atoms with van der Waals surface area (Å²) in [6, 6.07) is 36.0. The highest BCUT2D eigenvalue weighted by Crippen LogP contribution is 2.29.